The third-order valence-electron chi connectivity index (χ3n) is 3.90. The Morgan fingerprint density at radius 3 is 3.15 bits per heavy atom. The molecule has 1 aliphatic rings. The fraction of sp³-hybridized carbons (Fsp3) is 0.571. The molecule has 1 aliphatic heterocycles. The second kappa shape index (κ2) is 6.19. The highest BCUT2D eigenvalue weighted by molar-refractivity contribution is 5.07. The van der Waals surface area contributed by atoms with E-state index in [4.69, 9.17) is 10.5 Å². The van der Waals surface area contributed by atoms with E-state index >= 15 is 0 Å². The Morgan fingerprint density at radius 2 is 2.40 bits per heavy atom. The third kappa shape index (κ3) is 2.91. The smallest absolute Gasteiger partial charge is 0.0948 e. The minimum Gasteiger partial charge on any atom is -0.381 e. The van der Waals surface area contributed by atoms with Gasteiger partial charge < -0.3 is 15.0 Å². The van der Waals surface area contributed by atoms with Crippen molar-refractivity contribution in [2.45, 2.75) is 32.0 Å². The minimum atomic E-state index is 0.0182. The molecule has 0 aromatic carbocycles. The Labute approximate surface area is 118 Å². The molecule has 2 atom stereocenters. The molecule has 3 rings (SSSR count). The van der Waals surface area contributed by atoms with Crippen LogP contribution >= 0.6 is 0 Å². The van der Waals surface area contributed by atoms with E-state index in [2.05, 4.69) is 14.6 Å². The van der Waals surface area contributed by atoms with Crippen molar-refractivity contribution in [2.24, 2.45) is 11.7 Å². The number of aromatic nitrogens is 4. The van der Waals surface area contributed by atoms with Crippen LogP contribution in [0.15, 0.2) is 31.0 Å². The van der Waals surface area contributed by atoms with Crippen LogP contribution < -0.4 is 5.73 Å². The predicted molar refractivity (Wildman–Crippen MR) is 74.9 cm³/mol. The van der Waals surface area contributed by atoms with Gasteiger partial charge in [-0.25, -0.2) is 4.98 Å². The van der Waals surface area contributed by atoms with E-state index in [1.165, 1.54) is 0 Å². The Kier molecular flexibility index (Phi) is 4.13. The van der Waals surface area contributed by atoms with Crippen molar-refractivity contribution >= 4 is 0 Å². The van der Waals surface area contributed by atoms with E-state index in [1.807, 2.05) is 29.5 Å². The summed E-state index contributed by atoms with van der Waals surface area (Å²) in [6, 6.07) is 1.96. The fourth-order valence-electron chi connectivity index (χ4n) is 2.71. The number of aryl methyl sites for hydroxylation is 2. The fourth-order valence-corrected chi connectivity index (χ4v) is 2.71. The molecule has 0 aliphatic carbocycles. The molecule has 108 valence electrons. The molecule has 2 aromatic rings. The van der Waals surface area contributed by atoms with Crippen molar-refractivity contribution in [3.63, 3.8) is 0 Å². The van der Waals surface area contributed by atoms with Gasteiger partial charge in [0.15, 0.2) is 0 Å². The lowest BCUT2D eigenvalue weighted by atomic mass is 9.97. The van der Waals surface area contributed by atoms with Gasteiger partial charge in [0.2, 0.25) is 0 Å². The first-order valence-electron chi connectivity index (χ1n) is 7.15. The van der Waals surface area contributed by atoms with Gasteiger partial charge in [-0.15, -0.1) is 0 Å². The minimum absolute atomic E-state index is 0.0182. The van der Waals surface area contributed by atoms with Crippen molar-refractivity contribution in [2.75, 3.05) is 13.2 Å². The lowest BCUT2D eigenvalue weighted by Gasteiger charge is -2.19. The van der Waals surface area contributed by atoms with Crippen LogP contribution in [0.25, 0.3) is 0 Å². The number of rotatable bonds is 6. The van der Waals surface area contributed by atoms with Crippen LogP contribution in [-0.4, -0.2) is 32.5 Å². The quantitative estimate of drug-likeness (QED) is 0.860. The molecule has 0 saturated carbocycles. The van der Waals surface area contributed by atoms with Gasteiger partial charge in [-0.2, -0.15) is 5.10 Å². The highest BCUT2D eigenvalue weighted by Gasteiger charge is 2.26. The summed E-state index contributed by atoms with van der Waals surface area (Å²) in [5, 5.41) is 4.21. The topological polar surface area (TPSA) is 70.9 Å². The van der Waals surface area contributed by atoms with Crippen LogP contribution in [0.5, 0.6) is 0 Å². The summed E-state index contributed by atoms with van der Waals surface area (Å²) in [7, 11) is 0. The number of hydrogen-bond acceptors (Lipinski definition) is 4. The van der Waals surface area contributed by atoms with Crippen LogP contribution in [0.4, 0.5) is 0 Å². The standard InChI is InChI=1S/C14H21N5O/c15-14(12-3-8-20-10-12)13-9-16-11-18(13)5-2-7-19-6-1-4-17-19/h1,4,6,9,11-12,14H,2-3,5,7-8,10,15H2. The molecule has 6 heteroatoms. The number of ether oxygens (including phenoxy) is 1. The SMILES string of the molecule is NC(c1cncn1CCCn1cccn1)C1CCOC1. The van der Waals surface area contributed by atoms with Crippen molar-refractivity contribution in [1.29, 1.82) is 0 Å². The van der Waals surface area contributed by atoms with Gasteiger partial charge in [-0.05, 0) is 18.9 Å². The van der Waals surface area contributed by atoms with Gasteiger partial charge in [-0.1, -0.05) is 0 Å². The van der Waals surface area contributed by atoms with Crippen LogP contribution in [0.1, 0.15) is 24.6 Å². The molecule has 0 spiro atoms. The van der Waals surface area contributed by atoms with Crippen LogP contribution in [-0.2, 0) is 17.8 Å². The normalized spacial score (nSPS) is 20.4. The largest absolute Gasteiger partial charge is 0.381 e. The Morgan fingerprint density at radius 1 is 1.45 bits per heavy atom. The number of nitrogens with zero attached hydrogens (tertiary/aromatic N) is 4. The molecular formula is C14H21N5O. The van der Waals surface area contributed by atoms with Crippen molar-refractivity contribution < 1.29 is 4.74 Å². The molecule has 6 nitrogen and oxygen atoms in total. The highest BCUT2D eigenvalue weighted by atomic mass is 16.5. The van der Waals surface area contributed by atoms with Crippen molar-refractivity contribution in [1.82, 2.24) is 19.3 Å². The molecule has 2 aromatic heterocycles. The number of imidazole rings is 1. The Hall–Kier alpha value is -1.66. The van der Waals surface area contributed by atoms with Gasteiger partial charge in [0, 0.05) is 44.2 Å². The summed E-state index contributed by atoms with van der Waals surface area (Å²) in [5.41, 5.74) is 7.47. The first-order valence-corrected chi connectivity index (χ1v) is 7.15. The van der Waals surface area contributed by atoms with E-state index in [1.54, 1.807) is 6.20 Å². The molecule has 1 fully saturated rings. The maximum atomic E-state index is 6.35. The maximum absolute atomic E-state index is 6.35. The molecular weight excluding hydrogens is 254 g/mol. The highest BCUT2D eigenvalue weighted by Crippen LogP contribution is 2.26. The lowest BCUT2D eigenvalue weighted by molar-refractivity contribution is 0.180. The van der Waals surface area contributed by atoms with Crippen LogP contribution in [0.2, 0.25) is 0 Å². The van der Waals surface area contributed by atoms with Crippen molar-refractivity contribution in [3.8, 4) is 0 Å². The monoisotopic (exact) mass is 275 g/mol. The van der Waals surface area contributed by atoms with E-state index < -0.39 is 0 Å². The average Bonchev–Trinajstić information content (AvgIpc) is 3.21. The van der Waals surface area contributed by atoms with Gasteiger partial charge >= 0.3 is 0 Å². The zero-order valence-corrected chi connectivity index (χ0v) is 11.6. The molecule has 2 N–H and O–H groups in total. The summed E-state index contributed by atoms with van der Waals surface area (Å²) >= 11 is 0. The van der Waals surface area contributed by atoms with Crippen molar-refractivity contribution in [3.05, 3.63) is 36.7 Å². The summed E-state index contributed by atoms with van der Waals surface area (Å²) in [5.74, 6) is 0.413. The molecule has 0 amide bonds. The summed E-state index contributed by atoms with van der Waals surface area (Å²) < 4.78 is 9.53. The maximum Gasteiger partial charge on any atom is 0.0948 e. The molecule has 0 radical (unpaired) electrons. The zero-order valence-electron chi connectivity index (χ0n) is 11.6. The molecule has 0 bridgehead atoms. The number of hydrogen-bond donors (Lipinski definition) is 1. The van der Waals surface area contributed by atoms with E-state index in [0.29, 0.717) is 5.92 Å². The van der Waals surface area contributed by atoms with Crippen LogP contribution in [0, 0.1) is 5.92 Å². The molecule has 20 heavy (non-hydrogen) atoms. The summed E-state index contributed by atoms with van der Waals surface area (Å²) in [4.78, 5) is 4.25. The average molecular weight is 275 g/mol. The Balaban J connectivity index is 1.58. The second-order valence-corrected chi connectivity index (χ2v) is 5.28. The van der Waals surface area contributed by atoms with Gasteiger partial charge in [0.1, 0.15) is 0 Å². The first-order chi connectivity index (χ1) is 9.84. The van der Waals surface area contributed by atoms with Gasteiger partial charge in [0.05, 0.1) is 24.7 Å². The lowest BCUT2D eigenvalue weighted by Crippen LogP contribution is -2.24. The predicted octanol–water partition coefficient (Wildman–Crippen LogP) is 1.21. The molecule has 2 unspecified atom stereocenters. The van der Waals surface area contributed by atoms with Gasteiger partial charge in [-0.3, -0.25) is 4.68 Å². The summed E-state index contributed by atoms with van der Waals surface area (Å²) in [6.45, 7) is 3.41. The van der Waals surface area contributed by atoms with Gasteiger partial charge in [0.25, 0.3) is 0 Å². The molecule has 1 saturated heterocycles. The number of nitrogens with two attached hydrogens (primary N) is 1. The molecule has 3 heterocycles. The second-order valence-electron chi connectivity index (χ2n) is 5.28. The van der Waals surface area contributed by atoms with Crippen LogP contribution in [0.3, 0.4) is 0 Å². The van der Waals surface area contributed by atoms with E-state index in [-0.39, 0.29) is 6.04 Å². The zero-order chi connectivity index (χ0) is 13.8. The first kappa shape index (κ1) is 13.3. The summed E-state index contributed by atoms with van der Waals surface area (Å²) in [6.07, 6.45) is 9.60. The van der Waals surface area contributed by atoms with E-state index in [9.17, 15) is 0 Å². The van der Waals surface area contributed by atoms with E-state index in [0.717, 1.165) is 44.8 Å². The third-order valence-corrected chi connectivity index (χ3v) is 3.90. The Bertz CT molecular complexity index is 515.